The lowest BCUT2D eigenvalue weighted by Gasteiger charge is -2.27. The Kier molecular flexibility index (Phi) is 7.23. The van der Waals surface area contributed by atoms with Crippen LogP contribution in [0.1, 0.15) is 20.3 Å². The smallest absolute Gasteiger partial charge is 0.0589 e. The average molecular weight is 188 g/mol. The fourth-order valence-electron chi connectivity index (χ4n) is 1.42. The Morgan fingerprint density at radius 2 is 2.00 bits per heavy atom. The molecule has 3 nitrogen and oxygen atoms in total. The Morgan fingerprint density at radius 3 is 2.38 bits per heavy atom. The van der Waals surface area contributed by atoms with Crippen LogP contribution < -0.4 is 5.73 Å². The van der Waals surface area contributed by atoms with Gasteiger partial charge >= 0.3 is 0 Å². The summed E-state index contributed by atoms with van der Waals surface area (Å²) in [7, 11) is 3.84. The lowest BCUT2D eigenvalue weighted by atomic mass is 10.0. The molecular formula is C10H24N2O. The van der Waals surface area contributed by atoms with Crippen LogP contribution >= 0.6 is 0 Å². The molecule has 0 aromatic heterocycles. The Bertz CT molecular complexity index is 117. The number of hydrogen-bond donors (Lipinski definition) is 1. The first-order valence-electron chi connectivity index (χ1n) is 5.01. The molecule has 13 heavy (non-hydrogen) atoms. The summed E-state index contributed by atoms with van der Waals surface area (Å²) in [5.74, 6) is 0.707. The molecule has 0 aliphatic heterocycles. The number of hydrogen-bond acceptors (Lipinski definition) is 3. The Balaban J connectivity index is 3.77. The van der Waals surface area contributed by atoms with Crippen LogP contribution in [0.25, 0.3) is 0 Å². The van der Waals surface area contributed by atoms with E-state index in [1.54, 1.807) is 7.11 Å². The third-order valence-corrected chi connectivity index (χ3v) is 2.29. The average Bonchev–Trinajstić information content (AvgIpc) is 2.09. The highest BCUT2D eigenvalue weighted by Crippen LogP contribution is 2.08. The van der Waals surface area contributed by atoms with Crippen LogP contribution in [0.4, 0.5) is 0 Å². The molecule has 0 saturated heterocycles. The van der Waals surface area contributed by atoms with Crippen molar-refractivity contribution in [2.24, 2.45) is 11.7 Å². The highest BCUT2D eigenvalue weighted by molar-refractivity contribution is 4.70. The van der Waals surface area contributed by atoms with Gasteiger partial charge in [-0.2, -0.15) is 0 Å². The van der Waals surface area contributed by atoms with Gasteiger partial charge in [-0.3, -0.25) is 4.90 Å². The van der Waals surface area contributed by atoms with E-state index in [4.69, 9.17) is 10.5 Å². The van der Waals surface area contributed by atoms with Crippen LogP contribution in [0.5, 0.6) is 0 Å². The first kappa shape index (κ1) is 12.9. The molecule has 0 radical (unpaired) electrons. The molecular weight excluding hydrogens is 164 g/mol. The lowest BCUT2D eigenvalue weighted by molar-refractivity contribution is 0.132. The maximum Gasteiger partial charge on any atom is 0.0589 e. The number of methoxy groups -OCH3 is 1. The van der Waals surface area contributed by atoms with Gasteiger partial charge in [-0.25, -0.2) is 0 Å². The minimum atomic E-state index is 0.496. The van der Waals surface area contributed by atoms with E-state index in [-0.39, 0.29) is 0 Å². The van der Waals surface area contributed by atoms with Crippen molar-refractivity contribution >= 4 is 0 Å². The van der Waals surface area contributed by atoms with E-state index < -0.39 is 0 Å². The Morgan fingerprint density at radius 1 is 1.38 bits per heavy atom. The summed E-state index contributed by atoms with van der Waals surface area (Å²) in [6, 6.07) is 0.496. The summed E-state index contributed by atoms with van der Waals surface area (Å²) < 4.78 is 5.03. The summed E-state index contributed by atoms with van der Waals surface area (Å²) in [5.41, 5.74) is 5.71. The van der Waals surface area contributed by atoms with Gasteiger partial charge in [0.15, 0.2) is 0 Å². The minimum Gasteiger partial charge on any atom is -0.383 e. The molecule has 0 aliphatic rings. The standard InChI is InChI=1S/C10H24N2O/c1-9(2)7-10(8-11)12(3)5-6-13-4/h9-10H,5-8,11H2,1-4H3. The van der Waals surface area contributed by atoms with Gasteiger partial charge in [0, 0.05) is 26.2 Å². The van der Waals surface area contributed by atoms with Crippen LogP contribution in [0.15, 0.2) is 0 Å². The zero-order chi connectivity index (χ0) is 10.3. The summed E-state index contributed by atoms with van der Waals surface area (Å²) in [4.78, 5) is 2.28. The molecule has 0 aliphatic carbocycles. The quantitative estimate of drug-likeness (QED) is 0.646. The summed E-state index contributed by atoms with van der Waals surface area (Å²) in [5, 5.41) is 0. The van der Waals surface area contributed by atoms with Gasteiger partial charge in [-0.05, 0) is 19.4 Å². The highest BCUT2D eigenvalue weighted by Gasteiger charge is 2.13. The molecule has 0 amide bonds. The van der Waals surface area contributed by atoms with Crippen LogP contribution in [0.3, 0.4) is 0 Å². The lowest BCUT2D eigenvalue weighted by Crippen LogP contribution is -2.40. The van der Waals surface area contributed by atoms with Gasteiger partial charge in [0.05, 0.1) is 6.61 Å². The number of nitrogens with two attached hydrogens (primary N) is 1. The van der Waals surface area contributed by atoms with E-state index in [0.29, 0.717) is 12.0 Å². The molecule has 0 spiro atoms. The monoisotopic (exact) mass is 188 g/mol. The van der Waals surface area contributed by atoms with Crippen molar-refractivity contribution in [3.8, 4) is 0 Å². The molecule has 0 aromatic rings. The van der Waals surface area contributed by atoms with Crippen LogP contribution in [-0.2, 0) is 4.74 Å². The molecule has 0 bridgehead atoms. The van der Waals surface area contributed by atoms with Gasteiger partial charge in [-0.1, -0.05) is 13.8 Å². The van der Waals surface area contributed by atoms with Gasteiger partial charge in [0.1, 0.15) is 0 Å². The van der Waals surface area contributed by atoms with E-state index in [0.717, 1.165) is 26.1 Å². The second kappa shape index (κ2) is 7.30. The Hall–Kier alpha value is -0.120. The van der Waals surface area contributed by atoms with Crippen molar-refractivity contribution in [3.05, 3.63) is 0 Å². The summed E-state index contributed by atoms with van der Waals surface area (Å²) in [6.45, 7) is 6.94. The molecule has 3 heteroatoms. The van der Waals surface area contributed by atoms with Crippen molar-refractivity contribution in [3.63, 3.8) is 0 Å². The second-order valence-electron chi connectivity index (χ2n) is 3.99. The van der Waals surface area contributed by atoms with E-state index in [9.17, 15) is 0 Å². The largest absolute Gasteiger partial charge is 0.383 e. The van der Waals surface area contributed by atoms with Gasteiger partial charge in [-0.15, -0.1) is 0 Å². The first-order valence-corrected chi connectivity index (χ1v) is 5.01. The SMILES string of the molecule is COCCN(C)C(CN)CC(C)C. The maximum atomic E-state index is 5.71. The number of likely N-dealkylation sites (N-methyl/N-ethyl adjacent to an activating group) is 1. The van der Waals surface area contributed by atoms with Gasteiger partial charge in [0.2, 0.25) is 0 Å². The third kappa shape index (κ3) is 6.02. The minimum absolute atomic E-state index is 0.496. The van der Waals surface area contributed by atoms with Crippen molar-refractivity contribution in [2.45, 2.75) is 26.3 Å². The van der Waals surface area contributed by atoms with Crippen molar-refractivity contribution in [2.75, 3.05) is 33.9 Å². The fraction of sp³-hybridized carbons (Fsp3) is 1.00. The van der Waals surface area contributed by atoms with E-state index in [1.165, 1.54) is 0 Å². The number of ether oxygens (including phenoxy) is 1. The zero-order valence-electron chi connectivity index (χ0n) is 9.42. The summed E-state index contributed by atoms with van der Waals surface area (Å²) >= 11 is 0. The maximum absolute atomic E-state index is 5.71. The molecule has 0 fully saturated rings. The molecule has 1 unspecified atom stereocenters. The molecule has 0 rings (SSSR count). The third-order valence-electron chi connectivity index (χ3n) is 2.29. The molecule has 80 valence electrons. The first-order chi connectivity index (χ1) is 6.11. The molecule has 0 saturated carbocycles. The molecule has 1 atom stereocenters. The zero-order valence-corrected chi connectivity index (χ0v) is 9.42. The molecule has 2 N–H and O–H groups in total. The number of nitrogens with zero attached hydrogens (tertiary/aromatic N) is 1. The molecule has 0 heterocycles. The predicted molar refractivity (Wildman–Crippen MR) is 56.8 cm³/mol. The van der Waals surface area contributed by atoms with Gasteiger partial charge < -0.3 is 10.5 Å². The van der Waals surface area contributed by atoms with Gasteiger partial charge in [0.25, 0.3) is 0 Å². The van der Waals surface area contributed by atoms with Crippen molar-refractivity contribution in [1.82, 2.24) is 4.90 Å². The van der Waals surface area contributed by atoms with Crippen LogP contribution in [-0.4, -0.2) is 44.8 Å². The fourth-order valence-corrected chi connectivity index (χ4v) is 1.42. The highest BCUT2D eigenvalue weighted by atomic mass is 16.5. The number of rotatable bonds is 7. The summed E-state index contributed by atoms with van der Waals surface area (Å²) in [6.07, 6.45) is 1.16. The van der Waals surface area contributed by atoms with E-state index in [2.05, 4.69) is 25.8 Å². The molecule has 0 aromatic carbocycles. The van der Waals surface area contributed by atoms with E-state index in [1.807, 2.05) is 0 Å². The topological polar surface area (TPSA) is 38.5 Å². The van der Waals surface area contributed by atoms with Crippen molar-refractivity contribution < 1.29 is 4.74 Å². The second-order valence-corrected chi connectivity index (χ2v) is 3.99. The Labute approximate surface area is 82.2 Å². The normalized spacial score (nSPS) is 14.1. The van der Waals surface area contributed by atoms with Crippen molar-refractivity contribution in [1.29, 1.82) is 0 Å². The van der Waals surface area contributed by atoms with Crippen LogP contribution in [0.2, 0.25) is 0 Å². The van der Waals surface area contributed by atoms with E-state index >= 15 is 0 Å². The predicted octanol–water partition coefficient (Wildman–Crippen LogP) is 0.938. The van der Waals surface area contributed by atoms with Crippen LogP contribution in [0, 0.1) is 5.92 Å².